The zero-order chi connectivity index (χ0) is 37.1. The van der Waals surface area contributed by atoms with Gasteiger partial charge in [0.1, 0.15) is 23.0 Å². The Balaban J connectivity index is 1.20. The van der Waals surface area contributed by atoms with Crippen LogP contribution in [0.3, 0.4) is 0 Å². The van der Waals surface area contributed by atoms with E-state index in [2.05, 4.69) is 57.8 Å². The van der Waals surface area contributed by atoms with Crippen molar-refractivity contribution in [1.29, 1.82) is 0 Å². The predicted molar refractivity (Wildman–Crippen MR) is 209 cm³/mol. The third-order valence-corrected chi connectivity index (χ3v) is 8.11. The molecule has 0 amide bonds. The van der Waals surface area contributed by atoms with Gasteiger partial charge in [-0.25, -0.2) is 14.6 Å². The first-order chi connectivity index (χ1) is 26.0. The van der Waals surface area contributed by atoms with E-state index in [0.29, 0.717) is 35.5 Å². The molecule has 0 aliphatic rings. The van der Waals surface area contributed by atoms with Crippen LogP contribution in [0.1, 0.15) is 98.6 Å². The van der Waals surface area contributed by atoms with Crippen molar-refractivity contribution in [2.75, 3.05) is 13.2 Å². The number of hydrogen-bond acceptors (Lipinski definition) is 9. The van der Waals surface area contributed by atoms with Crippen LogP contribution in [-0.2, 0) is 0 Å². The molecule has 53 heavy (non-hydrogen) atoms. The van der Waals surface area contributed by atoms with Crippen LogP contribution in [0.2, 0.25) is 0 Å². The molecule has 0 aliphatic heterocycles. The first-order valence-corrected chi connectivity index (χ1v) is 18.1. The molecule has 2 N–H and O–H groups in total. The Hall–Kier alpha value is -6.32. The Morgan fingerprint density at radius 3 is 1.36 bits per heavy atom. The molecule has 270 valence electrons. The van der Waals surface area contributed by atoms with Gasteiger partial charge in [-0.3, -0.25) is 0 Å². The van der Waals surface area contributed by atoms with Gasteiger partial charge in [-0.2, -0.15) is 0 Å². The van der Waals surface area contributed by atoms with E-state index in [9.17, 15) is 10.2 Å². The highest BCUT2D eigenvalue weighted by Crippen LogP contribution is 2.25. The number of phenolic OH excluding ortho intramolecular Hbond substituents is 2. The Bertz CT molecular complexity index is 1950. The number of ether oxygens (including phenoxy) is 2. The molecule has 0 spiro atoms. The van der Waals surface area contributed by atoms with Gasteiger partial charge in [-0.1, -0.05) is 76.1 Å². The largest absolute Gasteiger partial charge is 0.507 e. The number of aromatic nitrogens is 2. The molecule has 1 aromatic heterocycles. The van der Waals surface area contributed by atoms with Crippen molar-refractivity contribution in [2.45, 2.75) is 65.2 Å². The van der Waals surface area contributed by atoms with Crippen molar-refractivity contribution in [2.24, 2.45) is 9.98 Å². The van der Waals surface area contributed by atoms with Crippen LogP contribution in [0.5, 0.6) is 23.0 Å². The van der Waals surface area contributed by atoms with E-state index in [-0.39, 0.29) is 23.1 Å². The summed E-state index contributed by atoms with van der Waals surface area (Å²) < 4.78 is 16.5. The first-order valence-electron chi connectivity index (χ1n) is 18.1. The minimum atomic E-state index is 0.0196. The second-order valence-electron chi connectivity index (χ2n) is 12.3. The summed E-state index contributed by atoms with van der Waals surface area (Å²) in [5.74, 6) is 14.4. The van der Waals surface area contributed by atoms with E-state index < -0.39 is 0 Å². The first kappa shape index (κ1) is 37.9. The molecule has 5 aromatic rings. The highest BCUT2D eigenvalue weighted by atomic mass is 16.6. The molecule has 0 saturated carbocycles. The molecule has 1 heterocycles. The van der Waals surface area contributed by atoms with E-state index in [0.717, 1.165) is 35.5 Å². The topological polar surface area (TPSA) is 123 Å². The van der Waals surface area contributed by atoms with Crippen molar-refractivity contribution in [3.63, 3.8) is 0 Å². The smallest absolute Gasteiger partial charge is 0.243 e. The van der Waals surface area contributed by atoms with E-state index >= 15 is 0 Å². The molecule has 0 aliphatic carbocycles. The second-order valence-corrected chi connectivity index (χ2v) is 12.3. The number of nitrogens with zero attached hydrogens (tertiary/aromatic N) is 4. The third-order valence-electron chi connectivity index (χ3n) is 8.11. The lowest BCUT2D eigenvalue weighted by Crippen LogP contribution is -1.96. The molecule has 0 radical (unpaired) electrons. The highest BCUT2D eigenvalue weighted by molar-refractivity contribution is 5.88. The van der Waals surface area contributed by atoms with Gasteiger partial charge in [0.05, 0.1) is 13.2 Å². The average molecular weight is 709 g/mol. The Kier molecular flexibility index (Phi) is 14.7. The van der Waals surface area contributed by atoms with Crippen molar-refractivity contribution < 1.29 is 24.3 Å². The molecule has 9 heteroatoms. The summed E-state index contributed by atoms with van der Waals surface area (Å²) in [6.07, 6.45) is 12.2. The van der Waals surface area contributed by atoms with E-state index in [1.54, 1.807) is 36.4 Å². The van der Waals surface area contributed by atoms with Gasteiger partial charge in [0.2, 0.25) is 11.6 Å². The van der Waals surface area contributed by atoms with Gasteiger partial charge in [0, 0.05) is 45.8 Å². The minimum absolute atomic E-state index is 0.0196. The van der Waals surface area contributed by atoms with Crippen molar-refractivity contribution in [3.05, 3.63) is 118 Å². The summed E-state index contributed by atoms with van der Waals surface area (Å²) in [7, 11) is 0. The van der Waals surface area contributed by atoms with Gasteiger partial charge in [-0.15, -0.1) is 0 Å². The summed E-state index contributed by atoms with van der Waals surface area (Å²) in [6.45, 7) is 5.80. The summed E-state index contributed by atoms with van der Waals surface area (Å²) >= 11 is 0. The van der Waals surface area contributed by atoms with Crippen molar-refractivity contribution in [1.82, 2.24) is 10.3 Å². The van der Waals surface area contributed by atoms with Crippen LogP contribution < -0.4 is 9.47 Å². The number of phenols is 2. The van der Waals surface area contributed by atoms with Gasteiger partial charge in [-0.05, 0) is 108 Å². The maximum Gasteiger partial charge on any atom is 0.243 e. The lowest BCUT2D eigenvalue weighted by Gasteiger charge is -2.05. The molecular formula is C44H44N4O5. The van der Waals surface area contributed by atoms with Crippen LogP contribution >= 0.6 is 0 Å². The number of aliphatic imine (C=N–C) groups is 2. The molecule has 0 atom stereocenters. The number of aromatic hydroxyl groups is 2. The maximum atomic E-state index is 10.5. The Morgan fingerprint density at radius 1 is 0.547 bits per heavy atom. The second kappa shape index (κ2) is 20.5. The number of hydrogen-bond donors (Lipinski definition) is 2. The van der Waals surface area contributed by atoms with Crippen LogP contribution in [0.4, 0.5) is 11.6 Å². The molecule has 0 bridgehead atoms. The van der Waals surface area contributed by atoms with Gasteiger partial charge in [0.25, 0.3) is 0 Å². The Morgan fingerprint density at radius 2 is 0.943 bits per heavy atom. The van der Waals surface area contributed by atoms with Gasteiger partial charge >= 0.3 is 0 Å². The van der Waals surface area contributed by atoms with Gasteiger partial charge < -0.3 is 19.7 Å². The van der Waals surface area contributed by atoms with Crippen molar-refractivity contribution in [3.8, 4) is 46.7 Å². The zero-order valence-corrected chi connectivity index (χ0v) is 30.2. The fourth-order valence-corrected chi connectivity index (χ4v) is 5.07. The molecule has 9 nitrogen and oxygen atoms in total. The molecule has 0 unspecified atom stereocenters. The normalized spacial score (nSPS) is 10.9. The predicted octanol–water partition coefficient (Wildman–Crippen LogP) is 9.70. The quantitative estimate of drug-likeness (QED) is 0.0595. The number of rotatable bonds is 16. The fraction of sp³-hybridized carbons (Fsp3) is 0.273. The lowest BCUT2D eigenvalue weighted by atomic mass is 10.1. The lowest BCUT2D eigenvalue weighted by molar-refractivity contribution is 0.305. The molecule has 0 fully saturated rings. The third kappa shape index (κ3) is 12.4. The van der Waals surface area contributed by atoms with Crippen LogP contribution in [-0.4, -0.2) is 46.2 Å². The molecule has 4 aromatic carbocycles. The van der Waals surface area contributed by atoms with Gasteiger partial charge in [0.15, 0.2) is 0 Å². The van der Waals surface area contributed by atoms with Crippen LogP contribution in [0, 0.1) is 23.7 Å². The highest BCUT2D eigenvalue weighted by Gasteiger charge is 2.09. The SMILES string of the molecule is CCCCCCOc1ccc(C#Cc2ccc(O)c(C=Nc3nonc3N=Cc3cc(C#Cc4ccc(OCCCCCC)cc4)ccc3O)c2)cc1. The standard InChI is InChI=1S/C44H44N4O5/c1-3-5-7-9-27-51-39-21-15-33(16-22-39)11-13-35-19-25-41(49)37(29-35)31-45-43-44(48-53-47-43)46-32-38-30-36(20-26-42(38)50)14-12-34-17-23-40(24-18-34)52-28-10-8-6-4-2/h15-26,29-32,49-50H,3-10,27-28H2,1-2H3. The van der Waals surface area contributed by atoms with Crippen LogP contribution in [0.15, 0.2) is 99.5 Å². The fourth-order valence-electron chi connectivity index (χ4n) is 5.07. The zero-order valence-electron chi connectivity index (χ0n) is 30.2. The Labute approximate surface area is 311 Å². The average Bonchev–Trinajstić information content (AvgIpc) is 3.64. The maximum absolute atomic E-state index is 10.5. The summed E-state index contributed by atoms with van der Waals surface area (Å²) in [6, 6.07) is 25.4. The van der Waals surface area contributed by atoms with Crippen molar-refractivity contribution >= 4 is 24.1 Å². The summed E-state index contributed by atoms with van der Waals surface area (Å²) in [5, 5.41) is 28.6. The minimum Gasteiger partial charge on any atom is -0.507 e. The molecular weight excluding hydrogens is 665 g/mol. The number of benzene rings is 4. The monoisotopic (exact) mass is 708 g/mol. The summed E-state index contributed by atoms with van der Waals surface area (Å²) in [4.78, 5) is 8.67. The van der Waals surface area contributed by atoms with E-state index in [1.165, 1.54) is 51.0 Å². The number of unbranched alkanes of at least 4 members (excludes halogenated alkanes) is 6. The summed E-state index contributed by atoms with van der Waals surface area (Å²) in [5.41, 5.74) is 3.92. The molecule has 5 rings (SSSR count). The molecule has 0 saturated heterocycles. The van der Waals surface area contributed by atoms with Crippen LogP contribution in [0.25, 0.3) is 0 Å². The van der Waals surface area contributed by atoms with E-state index in [1.807, 2.05) is 48.5 Å². The van der Waals surface area contributed by atoms with E-state index in [4.69, 9.17) is 14.1 Å².